The van der Waals surface area contributed by atoms with Crippen LogP contribution in [-0.2, 0) is 0 Å². The Balaban J connectivity index is 2.87. The van der Waals surface area contributed by atoms with Gasteiger partial charge in [-0.05, 0) is 13.8 Å². The average Bonchev–Trinajstić information content (AvgIpc) is 2.09. The van der Waals surface area contributed by atoms with Crippen LogP contribution in [0.5, 0.6) is 0 Å². The molecule has 1 heterocycles. The lowest BCUT2D eigenvalue weighted by molar-refractivity contribution is 1.04. The van der Waals surface area contributed by atoms with Crippen LogP contribution in [0.25, 0.3) is 0 Å². The fraction of sp³-hybridized carbons (Fsp3) is 0.333. The van der Waals surface area contributed by atoms with Crippen LogP contribution in [0.3, 0.4) is 0 Å². The largest absolute Gasteiger partial charge is 0.363 e. The summed E-state index contributed by atoms with van der Waals surface area (Å²) in [5.41, 5.74) is 1.72. The maximum absolute atomic E-state index is 5.90. The lowest BCUT2D eigenvalue weighted by atomic mass is 10.3. The van der Waals surface area contributed by atoms with E-state index in [1.54, 1.807) is 0 Å². The van der Waals surface area contributed by atoms with Gasteiger partial charge in [-0.2, -0.15) is 0 Å². The first-order valence-electron chi connectivity index (χ1n) is 4.08. The molecular weight excluding hydrogens is 265 g/mol. The number of anilines is 1. The molecule has 1 aromatic heterocycles. The van der Waals surface area contributed by atoms with Gasteiger partial charge in [-0.1, -0.05) is 34.1 Å². The number of nitrogens with zero attached hydrogens (tertiary/aromatic N) is 2. The molecule has 0 bridgehead atoms. The lowest BCUT2D eigenvalue weighted by Crippen LogP contribution is -2.06. The van der Waals surface area contributed by atoms with Crippen LogP contribution in [0.4, 0.5) is 5.82 Å². The van der Waals surface area contributed by atoms with Crippen LogP contribution in [0.15, 0.2) is 11.1 Å². The van der Waals surface area contributed by atoms with Gasteiger partial charge in [0.1, 0.15) is 0 Å². The molecule has 0 aromatic carbocycles. The zero-order chi connectivity index (χ0) is 10.7. The second-order valence-electron chi connectivity index (χ2n) is 2.90. The van der Waals surface area contributed by atoms with Crippen LogP contribution < -0.4 is 5.32 Å². The summed E-state index contributed by atoms with van der Waals surface area (Å²) in [6.45, 7) is 8.06. The fourth-order valence-electron chi connectivity index (χ4n) is 0.868. The summed E-state index contributed by atoms with van der Waals surface area (Å²) >= 11 is 9.15. The van der Waals surface area contributed by atoms with E-state index in [1.165, 1.54) is 0 Å². The standard InChI is InChI=1S/C9H11BrClN3/c1-5(10)4-12-9-8(11)13-6(2)7(3)14-9/h1,4H2,2-3H3,(H,12,14). The number of halogens is 2. The molecule has 0 saturated carbocycles. The highest BCUT2D eigenvalue weighted by Crippen LogP contribution is 2.18. The van der Waals surface area contributed by atoms with Gasteiger partial charge in [0, 0.05) is 11.0 Å². The third-order valence-electron chi connectivity index (χ3n) is 1.71. The first-order valence-corrected chi connectivity index (χ1v) is 5.25. The van der Waals surface area contributed by atoms with Crippen LogP contribution in [0, 0.1) is 13.8 Å². The third-order valence-corrected chi connectivity index (χ3v) is 2.26. The zero-order valence-electron chi connectivity index (χ0n) is 8.06. The van der Waals surface area contributed by atoms with Crippen molar-refractivity contribution >= 4 is 33.3 Å². The number of hydrogen-bond donors (Lipinski definition) is 1. The molecule has 3 nitrogen and oxygen atoms in total. The average molecular weight is 277 g/mol. The first-order chi connectivity index (χ1) is 6.50. The van der Waals surface area contributed by atoms with E-state index in [9.17, 15) is 0 Å². The van der Waals surface area contributed by atoms with Crippen LogP contribution in [-0.4, -0.2) is 16.5 Å². The van der Waals surface area contributed by atoms with E-state index < -0.39 is 0 Å². The molecule has 0 aliphatic heterocycles. The molecule has 0 saturated heterocycles. The van der Waals surface area contributed by atoms with Crippen molar-refractivity contribution in [2.45, 2.75) is 13.8 Å². The molecule has 0 amide bonds. The van der Waals surface area contributed by atoms with Crippen LogP contribution in [0.1, 0.15) is 11.4 Å². The molecule has 1 rings (SSSR count). The Morgan fingerprint density at radius 1 is 1.43 bits per heavy atom. The van der Waals surface area contributed by atoms with Gasteiger partial charge in [0.05, 0.1) is 11.4 Å². The van der Waals surface area contributed by atoms with Crippen molar-refractivity contribution in [3.05, 3.63) is 27.6 Å². The number of aromatic nitrogens is 2. The van der Waals surface area contributed by atoms with E-state index in [1.807, 2.05) is 13.8 Å². The number of hydrogen-bond acceptors (Lipinski definition) is 3. The molecule has 0 radical (unpaired) electrons. The highest BCUT2D eigenvalue weighted by atomic mass is 79.9. The maximum Gasteiger partial charge on any atom is 0.171 e. The predicted octanol–water partition coefficient (Wildman–Crippen LogP) is 3.07. The van der Waals surface area contributed by atoms with E-state index >= 15 is 0 Å². The molecule has 1 aromatic rings. The molecule has 5 heteroatoms. The smallest absolute Gasteiger partial charge is 0.171 e. The number of aryl methyl sites for hydroxylation is 2. The van der Waals surface area contributed by atoms with E-state index in [2.05, 4.69) is 37.8 Å². The summed E-state index contributed by atoms with van der Waals surface area (Å²) in [5, 5.41) is 3.42. The van der Waals surface area contributed by atoms with E-state index in [0.29, 0.717) is 17.5 Å². The summed E-state index contributed by atoms with van der Waals surface area (Å²) in [4.78, 5) is 8.42. The highest BCUT2D eigenvalue weighted by Gasteiger charge is 2.05. The van der Waals surface area contributed by atoms with E-state index in [0.717, 1.165) is 15.9 Å². The zero-order valence-corrected chi connectivity index (χ0v) is 10.4. The molecule has 0 aliphatic rings. The van der Waals surface area contributed by atoms with Gasteiger partial charge in [-0.25, -0.2) is 9.97 Å². The van der Waals surface area contributed by atoms with Gasteiger partial charge >= 0.3 is 0 Å². The Bertz CT molecular complexity index is 365. The number of nitrogens with one attached hydrogen (secondary N) is 1. The van der Waals surface area contributed by atoms with Crippen molar-refractivity contribution in [3.8, 4) is 0 Å². The second-order valence-corrected chi connectivity index (χ2v) is 4.38. The monoisotopic (exact) mass is 275 g/mol. The first kappa shape index (κ1) is 11.5. The summed E-state index contributed by atoms with van der Waals surface area (Å²) in [6, 6.07) is 0. The van der Waals surface area contributed by atoms with Crippen molar-refractivity contribution in [3.63, 3.8) is 0 Å². The van der Waals surface area contributed by atoms with Crippen molar-refractivity contribution in [2.24, 2.45) is 0 Å². The molecule has 1 N–H and O–H groups in total. The second kappa shape index (κ2) is 4.75. The SMILES string of the molecule is C=C(Br)CNc1nc(C)c(C)nc1Cl. The molecule has 0 unspecified atom stereocenters. The summed E-state index contributed by atoms with van der Waals surface area (Å²) in [5.74, 6) is 0.593. The summed E-state index contributed by atoms with van der Waals surface area (Å²) < 4.78 is 0.841. The minimum Gasteiger partial charge on any atom is -0.363 e. The van der Waals surface area contributed by atoms with Gasteiger partial charge in [-0.15, -0.1) is 0 Å². The fourth-order valence-corrected chi connectivity index (χ4v) is 1.24. The van der Waals surface area contributed by atoms with E-state index in [4.69, 9.17) is 11.6 Å². The number of rotatable bonds is 3. The van der Waals surface area contributed by atoms with Gasteiger partial charge < -0.3 is 5.32 Å². The molecule has 76 valence electrons. The van der Waals surface area contributed by atoms with E-state index in [-0.39, 0.29) is 0 Å². The van der Waals surface area contributed by atoms with Crippen molar-refractivity contribution in [1.82, 2.24) is 9.97 Å². The molecule has 0 fully saturated rings. The normalized spacial score (nSPS) is 10.0. The minimum absolute atomic E-state index is 0.391. The lowest BCUT2D eigenvalue weighted by Gasteiger charge is -2.08. The van der Waals surface area contributed by atoms with Gasteiger partial charge in [0.2, 0.25) is 0 Å². The Kier molecular flexibility index (Phi) is 3.89. The van der Waals surface area contributed by atoms with Crippen molar-refractivity contribution < 1.29 is 0 Å². The van der Waals surface area contributed by atoms with Gasteiger partial charge in [-0.3, -0.25) is 0 Å². The van der Waals surface area contributed by atoms with Crippen LogP contribution >= 0.6 is 27.5 Å². The Hall–Kier alpha value is -0.610. The van der Waals surface area contributed by atoms with Crippen LogP contribution in [0.2, 0.25) is 5.15 Å². The van der Waals surface area contributed by atoms with Gasteiger partial charge in [0.15, 0.2) is 11.0 Å². The third kappa shape index (κ3) is 2.96. The van der Waals surface area contributed by atoms with Crippen molar-refractivity contribution in [1.29, 1.82) is 0 Å². The predicted molar refractivity (Wildman–Crippen MR) is 63.1 cm³/mol. The minimum atomic E-state index is 0.391. The maximum atomic E-state index is 5.90. The molecular formula is C9H11BrClN3. The Morgan fingerprint density at radius 3 is 2.57 bits per heavy atom. The Labute approximate surface area is 96.7 Å². The Morgan fingerprint density at radius 2 is 2.00 bits per heavy atom. The molecule has 0 spiro atoms. The summed E-state index contributed by atoms with van der Waals surface area (Å²) in [7, 11) is 0. The quantitative estimate of drug-likeness (QED) is 0.922. The molecule has 14 heavy (non-hydrogen) atoms. The highest BCUT2D eigenvalue weighted by molar-refractivity contribution is 9.11. The topological polar surface area (TPSA) is 37.8 Å². The van der Waals surface area contributed by atoms with Gasteiger partial charge in [0.25, 0.3) is 0 Å². The molecule has 0 aliphatic carbocycles. The summed E-state index contributed by atoms with van der Waals surface area (Å²) in [6.07, 6.45) is 0. The van der Waals surface area contributed by atoms with Crippen molar-refractivity contribution in [2.75, 3.05) is 11.9 Å². The molecule has 0 atom stereocenters.